The molecular formula is C21H33IN4O2. The summed E-state index contributed by atoms with van der Waals surface area (Å²) in [6, 6.07) is 12.0. The van der Waals surface area contributed by atoms with E-state index in [1.54, 1.807) is 13.0 Å². The zero-order valence-electron chi connectivity index (χ0n) is 17.5. The first-order chi connectivity index (χ1) is 12.8. The van der Waals surface area contributed by atoms with E-state index < -0.39 is 5.60 Å². The monoisotopic (exact) mass is 500 g/mol. The van der Waals surface area contributed by atoms with E-state index in [0.717, 1.165) is 18.8 Å². The highest BCUT2D eigenvalue weighted by atomic mass is 127. The second-order valence-corrected chi connectivity index (χ2v) is 7.24. The molecule has 1 aromatic carbocycles. The summed E-state index contributed by atoms with van der Waals surface area (Å²) in [5.41, 5.74) is 1.34. The molecule has 0 aliphatic rings. The van der Waals surface area contributed by atoms with E-state index in [1.165, 1.54) is 11.1 Å². The van der Waals surface area contributed by atoms with Crippen LogP contribution in [0.15, 0.2) is 45.8 Å². The van der Waals surface area contributed by atoms with E-state index in [1.807, 2.05) is 26.0 Å². The van der Waals surface area contributed by atoms with Crippen molar-refractivity contribution in [1.82, 2.24) is 15.5 Å². The molecule has 7 heteroatoms. The van der Waals surface area contributed by atoms with Gasteiger partial charge in [-0.05, 0) is 58.1 Å². The van der Waals surface area contributed by atoms with Crippen molar-refractivity contribution in [3.05, 3.63) is 59.0 Å². The van der Waals surface area contributed by atoms with E-state index >= 15 is 0 Å². The Balaban J connectivity index is 0.00000392. The molecule has 0 amide bonds. The Morgan fingerprint density at radius 1 is 1.14 bits per heavy atom. The summed E-state index contributed by atoms with van der Waals surface area (Å²) in [6.07, 6.45) is 0. The maximum atomic E-state index is 10.7. The highest BCUT2D eigenvalue weighted by Crippen LogP contribution is 2.21. The van der Waals surface area contributed by atoms with Gasteiger partial charge in [0.1, 0.15) is 17.1 Å². The number of aliphatic hydroxyl groups is 1. The summed E-state index contributed by atoms with van der Waals surface area (Å²) in [6.45, 7) is 8.10. The second-order valence-electron chi connectivity index (χ2n) is 7.24. The number of furan rings is 1. The predicted molar refractivity (Wildman–Crippen MR) is 125 cm³/mol. The van der Waals surface area contributed by atoms with Crippen LogP contribution in [0.25, 0.3) is 0 Å². The Labute approximate surface area is 185 Å². The van der Waals surface area contributed by atoms with Crippen molar-refractivity contribution >= 4 is 29.9 Å². The molecule has 2 aromatic rings. The number of nitrogens with zero attached hydrogens (tertiary/aromatic N) is 2. The first kappa shape index (κ1) is 24.5. The number of aliphatic imine (C=N–C) groups is 1. The molecule has 0 fully saturated rings. The Morgan fingerprint density at radius 2 is 1.82 bits per heavy atom. The first-order valence-corrected chi connectivity index (χ1v) is 9.35. The summed E-state index contributed by atoms with van der Waals surface area (Å²) in [7, 11) is 4.12. The standard InChI is InChI=1S/C21H32N4O2.HI/c1-6-22-20(24-15-21(3,26)19-12-11-16(2)27-19)23-13-17-9-7-8-10-18(17)14-25(4)5;/h7-12,26H,6,13-15H2,1-5H3,(H2,22,23,24);1H. The van der Waals surface area contributed by atoms with Gasteiger partial charge in [0.2, 0.25) is 0 Å². The van der Waals surface area contributed by atoms with Crippen molar-refractivity contribution in [2.45, 2.75) is 39.5 Å². The molecule has 0 bridgehead atoms. The second kappa shape index (κ2) is 11.4. The minimum atomic E-state index is -1.12. The molecule has 0 saturated heterocycles. The lowest BCUT2D eigenvalue weighted by atomic mass is 10.0. The Hall–Kier alpha value is -1.58. The van der Waals surface area contributed by atoms with Crippen LogP contribution in [0, 0.1) is 6.92 Å². The van der Waals surface area contributed by atoms with Gasteiger partial charge in [-0.1, -0.05) is 24.3 Å². The summed E-state index contributed by atoms with van der Waals surface area (Å²) < 4.78 is 5.57. The summed E-state index contributed by atoms with van der Waals surface area (Å²) in [5.74, 6) is 1.99. The lowest BCUT2D eigenvalue weighted by Gasteiger charge is -2.23. The van der Waals surface area contributed by atoms with Gasteiger partial charge in [-0.15, -0.1) is 24.0 Å². The average Bonchev–Trinajstić information content (AvgIpc) is 3.05. The average molecular weight is 500 g/mol. The Bertz CT molecular complexity index is 756. The van der Waals surface area contributed by atoms with Gasteiger partial charge in [0, 0.05) is 13.1 Å². The number of hydrogen-bond donors (Lipinski definition) is 3. The molecule has 3 N–H and O–H groups in total. The third kappa shape index (κ3) is 7.44. The molecule has 0 saturated carbocycles. The third-order valence-corrected chi connectivity index (χ3v) is 4.23. The molecule has 1 unspecified atom stereocenters. The van der Waals surface area contributed by atoms with Gasteiger partial charge in [-0.3, -0.25) is 0 Å². The molecule has 28 heavy (non-hydrogen) atoms. The zero-order valence-corrected chi connectivity index (χ0v) is 19.8. The van der Waals surface area contributed by atoms with Gasteiger partial charge < -0.3 is 25.1 Å². The molecule has 0 radical (unpaired) electrons. The summed E-state index contributed by atoms with van der Waals surface area (Å²) in [5, 5.41) is 17.1. The van der Waals surface area contributed by atoms with Crippen LogP contribution in [0.4, 0.5) is 0 Å². The van der Waals surface area contributed by atoms with Crippen LogP contribution in [0.3, 0.4) is 0 Å². The lowest BCUT2D eigenvalue weighted by molar-refractivity contribution is 0.0378. The minimum absolute atomic E-state index is 0. The molecule has 0 aliphatic heterocycles. The summed E-state index contributed by atoms with van der Waals surface area (Å²) >= 11 is 0. The molecule has 2 rings (SSSR count). The van der Waals surface area contributed by atoms with Crippen LogP contribution in [-0.4, -0.2) is 43.2 Å². The number of halogens is 1. The van der Waals surface area contributed by atoms with Gasteiger partial charge in [-0.25, -0.2) is 4.99 Å². The van der Waals surface area contributed by atoms with Crippen molar-refractivity contribution in [3.63, 3.8) is 0 Å². The molecule has 1 aromatic heterocycles. The maximum Gasteiger partial charge on any atom is 0.191 e. The molecule has 1 atom stereocenters. The van der Waals surface area contributed by atoms with Gasteiger partial charge in [0.15, 0.2) is 5.96 Å². The predicted octanol–water partition coefficient (Wildman–Crippen LogP) is 3.23. The third-order valence-electron chi connectivity index (χ3n) is 4.23. The molecule has 0 aliphatic carbocycles. The van der Waals surface area contributed by atoms with E-state index in [2.05, 4.69) is 52.8 Å². The number of nitrogens with one attached hydrogen (secondary N) is 2. The number of benzene rings is 1. The maximum absolute atomic E-state index is 10.7. The highest BCUT2D eigenvalue weighted by Gasteiger charge is 2.27. The molecule has 0 spiro atoms. The Morgan fingerprint density at radius 3 is 2.39 bits per heavy atom. The van der Waals surface area contributed by atoms with Crippen LogP contribution >= 0.6 is 24.0 Å². The topological polar surface area (TPSA) is 73.0 Å². The fraction of sp³-hybridized carbons (Fsp3) is 0.476. The van der Waals surface area contributed by atoms with Crippen LogP contribution in [-0.2, 0) is 18.7 Å². The van der Waals surface area contributed by atoms with E-state index in [4.69, 9.17) is 4.42 Å². The number of hydrogen-bond acceptors (Lipinski definition) is 4. The van der Waals surface area contributed by atoms with Crippen LogP contribution in [0.2, 0.25) is 0 Å². The van der Waals surface area contributed by atoms with Crippen molar-refractivity contribution in [2.75, 3.05) is 27.2 Å². The van der Waals surface area contributed by atoms with Gasteiger partial charge in [-0.2, -0.15) is 0 Å². The van der Waals surface area contributed by atoms with Crippen molar-refractivity contribution < 1.29 is 9.52 Å². The fourth-order valence-corrected chi connectivity index (χ4v) is 2.78. The largest absolute Gasteiger partial charge is 0.463 e. The number of guanidine groups is 1. The molecule has 1 heterocycles. The molecule has 6 nitrogen and oxygen atoms in total. The number of aryl methyl sites for hydroxylation is 1. The fourth-order valence-electron chi connectivity index (χ4n) is 2.78. The van der Waals surface area contributed by atoms with Crippen molar-refractivity contribution in [3.8, 4) is 0 Å². The van der Waals surface area contributed by atoms with E-state index in [0.29, 0.717) is 24.8 Å². The quantitative estimate of drug-likeness (QED) is 0.295. The lowest BCUT2D eigenvalue weighted by Crippen LogP contribution is -2.44. The van der Waals surface area contributed by atoms with Crippen LogP contribution in [0.1, 0.15) is 36.5 Å². The van der Waals surface area contributed by atoms with Gasteiger partial charge in [0.25, 0.3) is 0 Å². The van der Waals surface area contributed by atoms with Crippen molar-refractivity contribution in [2.24, 2.45) is 4.99 Å². The SMILES string of the molecule is CCNC(=NCc1ccccc1CN(C)C)NCC(C)(O)c1ccc(C)o1.I. The normalized spacial score (nSPS) is 13.8. The molecular weight excluding hydrogens is 467 g/mol. The van der Waals surface area contributed by atoms with Gasteiger partial charge in [0.05, 0.1) is 13.1 Å². The zero-order chi connectivity index (χ0) is 19.9. The van der Waals surface area contributed by atoms with E-state index in [-0.39, 0.29) is 24.0 Å². The number of rotatable bonds is 8. The first-order valence-electron chi connectivity index (χ1n) is 9.35. The smallest absolute Gasteiger partial charge is 0.191 e. The van der Waals surface area contributed by atoms with Crippen LogP contribution in [0.5, 0.6) is 0 Å². The molecule has 156 valence electrons. The van der Waals surface area contributed by atoms with Crippen LogP contribution < -0.4 is 10.6 Å². The summed E-state index contributed by atoms with van der Waals surface area (Å²) in [4.78, 5) is 6.84. The van der Waals surface area contributed by atoms with Crippen molar-refractivity contribution in [1.29, 1.82) is 0 Å². The minimum Gasteiger partial charge on any atom is -0.463 e. The Kier molecular flexibility index (Phi) is 9.98. The highest BCUT2D eigenvalue weighted by molar-refractivity contribution is 14.0. The van der Waals surface area contributed by atoms with Gasteiger partial charge >= 0.3 is 0 Å². The van der Waals surface area contributed by atoms with E-state index in [9.17, 15) is 5.11 Å².